The number of halogens is 1. The van der Waals surface area contributed by atoms with Crippen LogP contribution in [0.2, 0.25) is 0 Å². The van der Waals surface area contributed by atoms with Crippen LogP contribution in [0.15, 0.2) is 36.8 Å². The first kappa shape index (κ1) is 14.1. The molecule has 118 valence electrons. The van der Waals surface area contributed by atoms with Crippen LogP contribution in [-0.4, -0.2) is 39.4 Å². The van der Waals surface area contributed by atoms with Crippen molar-refractivity contribution in [3.05, 3.63) is 48.2 Å². The Bertz CT molecular complexity index is 832. The van der Waals surface area contributed by atoms with Gasteiger partial charge in [-0.1, -0.05) is 12.1 Å². The van der Waals surface area contributed by atoms with E-state index in [4.69, 9.17) is 4.74 Å². The predicted octanol–water partition coefficient (Wildman–Crippen LogP) is 2.08. The Morgan fingerprint density at radius 2 is 2.04 bits per heavy atom. The Balaban J connectivity index is 1.65. The van der Waals surface area contributed by atoms with Crippen molar-refractivity contribution in [2.75, 3.05) is 24.6 Å². The Labute approximate surface area is 132 Å². The van der Waals surface area contributed by atoms with Gasteiger partial charge in [0.05, 0.1) is 18.2 Å². The van der Waals surface area contributed by atoms with E-state index in [-0.39, 0.29) is 11.9 Å². The van der Waals surface area contributed by atoms with Gasteiger partial charge in [-0.05, 0) is 17.7 Å². The van der Waals surface area contributed by atoms with Gasteiger partial charge in [0.1, 0.15) is 24.1 Å². The Morgan fingerprint density at radius 1 is 1.22 bits per heavy atom. The molecular weight excluding hydrogens is 297 g/mol. The molecular formula is C16H16FN5O. The van der Waals surface area contributed by atoms with Gasteiger partial charge in [0.2, 0.25) is 0 Å². The second-order valence-corrected chi connectivity index (χ2v) is 5.56. The fourth-order valence-electron chi connectivity index (χ4n) is 2.92. The van der Waals surface area contributed by atoms with Crippen LogP contribution >= 0.6 is 0 Å². The topological polar surface area (TPSA) is 56.1 Å². The van der Waals surface area contributed by atoms with Crippen LogP contribution in [-0.2, 0) is 11.8 Å². The van der Waals surface area contributed by atoms with Crippen LogP contribution in [0.4, 0.5) is 10.2 Å². The number of fused-ring (bicyclic) bond motifs is 1. The highest BCUT2D eigenvalue weighted by Crippen LogP contribution is 2.28. The van der Waals surface area contributed by atoms with Crippen molar-refractivity contribution < 1.29 is 9.13 Å². The molecule has 1 fully saturated rings. The number of benzene rings is 1. The highest BCUT2D eigenvalue weighted by Gasteiger charge is 2.25. The maximum atomic E-state index is 13.1. The van der Waals surface area contributed by atoms with Crippen molar-refractivity contribution in [2.45, 2.75) is 6.10 Å². The van der Waals surface area contributed by atoms with Gasteiger partial charge in [0, 0.05) is 20.1 Å². The summed E-state index contributed by atoms with van der Waals surface area (Å²) in [7, 11) is 1.86. The SMILES string of the molecule is Cn1ncc2c(N3CCO[C@H](c4ccc(F)cc4)C3)ncnc21. The summed E-state index contributed by atoms with van der Waals surface area (Å²) in [6.07, 6.45) is 3.24. The molecule has 7 heteroatoms. The highest BCUT2D eigenvalue weighted by molar-refractivity contribution is 5.86. The second kappa shape index (κ2) is 5.58. The van der Waals surface area contributed by atoms with Gasteiger partial charge in [-0.2, -0.15) is 5.10 Å². The molecule has 1 aromatic carbocycles. The first-order chi connectivity index (χ1) is 11.2. The van der Waals surface area contributed by atoms with Gasteiger partial charge in [-0.3, -0.25) is 4.68 Å². The van der Waals surface area contributed by atoms with Crippen LogP contribution in [0.25, 0.3) is 11.0 Å². The molecule has 3 aromatic rings. The van der Waals surface area contributed by atoms with E-state index in [1.807, 2.05) is 7.05 Å². The smallest absolute Gasteiger partial charge is 0.163 e. The van der Waals surface area contributed by atoms with E-state index >= 15 is 0 Å². The van der Waals surface area contributed by atoms with Crippen LogP contribution in [0.5, 0.6) is 0 Å². The van der Waals surface area contributed by atoms with Crippen molar-refractivity contribution in [3.8, 4) is 0 Å². The van der Waals surface area contributed by atoms with E-state index < -0.39 is 0 Å². The maximum Gasteiger partial charge on any atom is 0.163 e. The number of hydrogen-bond acceptors (Lipinski definition) is 5. The third kappa shape index (κ3) is 2.53. The van der Waals surface area contributed by atoms with E-state index in [1.165, 1.54) is 12.1 Å². The summed E-state index contributed by atoms with van der Waals surface area (Å²) in [5, 5.41) is 5.18. The molecule has 0 amide bonds. The molecule has 0 spiro atoms. The van der Waals surface area contributed by atoms with Crippen LogP contribution in [0.1, 0.15) is 11.7 Å². The lowest BCUT2D eigenvalue weighted by Gasteiger charge is -2.34. The summed E-state index contributed by atoms with van der Waals surface area (Å²) in [6, 6.07) is 6.45. The Hall–Kier alpha value is -2.54. The molecule has 1 atom stereocenters. The summed E-state index contributed by atoms with van der Waals surface area (Å²) in [5.41, 5.74) is 1.77. The van der Waals surface area contributed by atoms with Crippen LogP contribution in [0, 0.1) is 5.82 Å². The number of aryl methyl sites for hydroxylation is 1. The number of ether oxygens (including phenoxy) is 1. The Morgan fingerprint density at radius 3 is 2.87 bits per heavy atom. The highest BCUT2D eigenvalue weighted by atomic mass is 19.1. The minimum atomic E-state index is -0.241. The van der Waals surface area contributed by atoms with E-state index in [0.717, 1.165) is 29.0 Å². The molecule has 0 aliphatic carbocycles. The largest absolute Gasteiger partial charge is 0.370 e. The number of aromatic nitrogens is 4. The van der Waals surface area contributed by atoms with Gasteiger partial charge in [0.25, 0.3) is 0 Å². The molecule has 1 aliphatic rings. The summed E-state index contributed by atoms with van der Waals surface area (Å²) >= 11 is 0. The number of rotatable bonds is 2. The fraction of sp³-hybridized carbons (Fsp3) is 0.312. The molecule has 0 bridgehead atoms. The van der Waals surface area contributed by atoms with Gasteiger partial charge < -0.3 is 9.64 Å². The molecule has 2 aromatic heterocycles. The van der Waals surface area contributed by atoms with E-state index in [9.17, 15) is 4.39 Å². The van der Waals surface area contributed by atoms with E-state index in [0.29, 0.717) is 13.2 Å². The van der Waals surface area contributed by atoms with Crippen molar-refractivity contribution in [2.24, 2.45) is 7.05 Å². The molecule has 1 aliphatic heterocycles. The van der Waals surface area contributed by atoms with E-state index in [1.54, 1.807) is 29.3 Å². The third-order valence-electron chi connectivity index (χ3n) is 4.12. The van der Waals surface area contributed by atoms with E-state index in [2.05, 4.69) is 20.0 Å². The van der Waals surface area contributed by atoms with Crippen molar-refractivity contribution in [1.82, 2.24) is 19.7 Å². The van der Waals surface area contributed by atoms with Crippen molar-refractivity contribution in [3.63, 3.8) is 0 Å². The molecule has 4 rings (SSSR count). The first-order valence-corrected chi connectivity index (χ1v) is 7.47. The van der Waals surface area contributed by atoms with Gasteiger partial charge >= 0.3 is 0 Å². The predicted molar refractivity (Wildman–Crippen MR) is 83.6 cm³/mol. The second-order valence-electron chi connectivity index (χ2n) is 5.56. The van der Waals surface area contributed by atoms with Gasteiger partial charge in [0.15, 0.2) is 5.65 Å². The zero-order valence-electron chi connectivity index (χ0n) is 12.7. The number of morpholine rings is 1. The summed E-state index contributed by atoms with van der Waals surface area (Å²) in [4.78, 5) is 10.9. The molecule has 3 heterocycles. The minimum absolute atomic E-state index is 0.106. The normalized spacial score (nSPS) is 18.5. The minimum Gasteiger partial charge on any atom is -0.370 e. The van der Waals surface area contributed by atoms with Gasteiger partial charge in [-0.25, -0.2) is 14.4 Å². The molecule has 0 saturated carbocycles. The zero-order chi connectivity index (χ0) is 15.8. The van der Waals surface area contributed by atoms with Crippen LogP contribution in [0.3, 0.4) is 0 Å². The molecule has 23 heavy (non-hydrogen) atoms. The molecule has 6 nitrogen and oxygen atoms in total. The summed E-state index contributed by atoms with van der Waals surface area (Å²) in [5.74, 6) is 0.618. The lowest BCUT2D eigenvalue weighted by atomic mass is 10.1. The zero-order valence-corrected chi connectivity index (χ0v) is 12.7. The summed E-state index contributed by atoms with van der Waals surface area (Å²) in [6.45, 7) is 2.00. The quantitative estimate of drug-likeness (QED) is 0.725. The molecule has 0 unspecified atom stereocenters. The van der Waals surface area contributed by atoms with Crippen LogP contribution < -0.4 is 4.90 Å². The summed E-state index contributed by atoms with van der Waals surface area (Å²) < 4.78 is 20.7. The number of anilines is 1. The lowest BCUT2D eigenvalue weighted by Crippen LogP contribution is -2.39. The lowest BCUT2D eigenvalue weighted by molar-refractivity contribution is 0.0396. The first-order valence-electron chi connectivity index (χ1n) is 7.47. The average molecular weight is 313 g/mol. The van der Waals surface area contributed by atoms with Crippen molar-refractivity contribution in [1.29, 1.82) is 0 Å². The standard InChI is InChI=1S/C16H16FN5O/c1-21-15-13(8-20-21)16(19-10-18-15)22-6-7-23-14(9-22)11-2-4-12(17)5-3-11/h2-5,8,10,14H,6-7,9H2,1H3/t14-/m0/s1. The average Bonchev–Trinajstić information content (AvgIpc) is 2.97. The Kier molecular flexibility index (Phi) is 3.42. The maximum absolute atomic E-state index is 13.1. The molecule has 1 saturated heterocycles. The third-order valence-corrected chi connectivity index (χ3v) is 4.12. The van der Waals surface area contributed by atoms with Crippen molar-refractivity contribution >= 4 is 16.9 Å². The monoisotopic (exact) mass is 313 g/mol. The molecule has 0 N–H and O–H groups in total. The molecule has 0 radical (unpaired) electrons. The fourth-order valence-corrected chi connectivity index (χ4v) is 2.92. The van der Waals surface area contributed by atoms with Gasteiger partial charge in [-0.15, -0.1) is 0 Å². The number of nitrogens with zero attached hydrogens (tertiary/aromatic N) is 5. The number of hydrogen-bond donors (Lipinski definition) is 0.